The molecular formula is C22H31NO3. The van der Waals surface area contributed by atoms with E-state index < -0.39 is 5.60 Å². The van der Waals surface area contributed by atoms with Gasteiger partial charge in [0.15, 0.2) is 0 Å². The number of carbonyl (C=O) groups is 1. The number of ether oxygens (including phenoxy) is 2. The summed E-state index contributed by atoms with van der Waals surface area (Å²) in [6.07, 6.45) is 4.33. The molecule has 1 aliphatic carbocycles. The molecule has 1 N–H and O–H groups in total. The molecule has 1 saturated carbocycles. The van der Waals surface area contributed by atoms with Gasteiger partial charge in [0.1, 0.15) is 11.3 Å². The smallest absolute Gasteiger partial charge is 0.310 e. The molecule has 142 valence electrons. The van der Waals surface area contributed by atoms with Gasteiger partial charge in [0, 0.05) is 6.54 Å². The Kier molecular flexibility index (Phi) is 5.54. The molecule has 0 radical (unpaired) electrons. The Hall–Kier alpha value is -1.65. The average molecular weight is 357 g/mol. The molecular weight excluding hydrogens is 326 g/mol. The third-order valence-electron chi connectivity index (χ3n) is 5.38. The van der Waals surface area contributed by atoms with Crippen LogP contribution in [0.15, 0.2) is 43.0 Å². The largest absolute Gasteiger partial charge is 0.460 e. The zero-order chi connectivity index (χ0) is 18.8. The molecule has 4 atom stereocenters. The third kappa shape index (κ3) is 4.36. The van der Waals surface area contributed by atoms with Crippen molar-refractivity contribution in [1.29, 1.82) is 0 Å². The summed E-state index contributed by atoms with van der Waals surface area (Å²) in [7, 11) is 0. The van der Waals surface area contributed by atoms with Crippen molar-refractivity contribution >= 4 is 5.97 Å². The summed E-state index contributed by atoms with van der Waals surface area (Å²) in [6, 6.07) is 10.4. The van der Waals surface area contributed by atoms with E-state index in [1.165, 1.54) is 5.56 Å². The Morgan fingerprint density at radius 3 is 2.65 bits per heavy atom. The maximum absolute atomic E-state index is 13.1. The minimum atomic E-state index is -0.489. The van der Waals surface area contributed by atoms with E-state index in [1.807, 2.05) is 45.0 Å². The van der Waals surface area contributed by atoms with Crippen LogP contribution >= 0.6 is 0 Å². The summed E-state index contributed by atoms with van der Waals surface area (Å²) in [5, 5.41) is 3.54. The first-order valence-electron chi connectivity index (χ1n) is 9.60. The monoisotopic (exact) mass is 357 g/mol. The van der Waals surface area contributed by atoms with Crippen molar-refractivity contribution in [2.75, 3.05) is 13.2 Å². The molecule has 0 aromatic heterocycles. The maximum atomic E-state index is 13.1. The van der Waals surface area contributed by atoms with E-state index in [0.717, 1.165) is 32.4 Å². The minimum absolute atomic E-state index is 0.0397. The Balaban J connectivity index is 1.88. The molecule has 1 aromatic carbocycles. The SMILES string of the molecule is C=CC1CC2(CC(Cc3ccccc3)C1C(=O)OC(C)(C)C)NCCO2. The summed E-state index contributed by atoms with van der Waals surface area (Å²) in [4.78, 5) is 13.1. The second-order valence-electron chi connectivity index (χ2n) is 8.59. The lowest BCUT2D eigenvalue weighted by atomic mass is 9.66. The Labute approximate surface area is 157 Å². The maximum Gasteiger partial charge on any atom is 0.310 e. The number of hydrogen-bond acceptors (Lipinski definition) is 4. The molecule has 0 bridgehead atoms. The summed E-state index contributed by atoms with van der Waals surface area (Å²) < 4.78 is 11.9. The van der Waals surface area contributed by atoms with Crippen LogP contribution < -0.4 is 5.32 Å². The molecule has 4 heteroatoms. The predicted molar refractivity (Wildman–Crippen MR) is 103 cm³/mol. The van der Waals surface area contributed by atoms with Crippen LogP contribution in [0.2, 0.25) is 0 Å². The lowest BCUT2D eigenvalue weighted by Crippen LogP contribution is -2.53. The van der Waals surface area contributed by atoms with Gasteiger partial charge in [-0.15, -0.1) is 6.58 Å². The Morgan fingerprint density at radius 1 is 1.35 bits per heavy atom. The number of allylic oxidation sites excluding steroid dienone is 1. The normalized spacial score (nSPS) is 31.7. The van der Waals surface area contributed by atoms with E-state index in [0.29, 0.717) is 0 Å². The van der Waals surface area contributed by atoms with Crippen LogP contribution in [0.3, 0.4) is 0 Å². The minimum Gasteiger partial charge on any atom is -0.460 e. The second-order valence-corrected chi connectivity index (χ2v) is 8.59. The van der Waals surface area contributed by atoms with E-state index in [-0.39, 0.29) is 29.4 Å². The van der Waals surface area contributed by atoms with Gasteiger partial charge in [-0.25, -0.2) is 0 Å². The van der Waals surface area contributed by atoms with E-state index in [9.17, 15) is 4.79 Å². The fourth-order valence-electron chi connectivity index (χ4n) is 4.41. The zero-order valence-electron chi connectivity index (χ0n) is 16.2. The fraction of sp³-hybridized carbons (Fsp3) is 0.591. The van der Waals surface area contributed by atoms with Crippen LogP contribution in [0, 0.1) is 17.8 Å². The van der Waals surface area contributed by atoms with Gasteiger partial charge in [0.2, 0.25) is 0 Å². The van der Waals surface area contributed by atoms with Crippen LogP contribution in [0.1, 0.15) is 39.2 Å². The Bertz CT molecular complexity index is 629. The van der Waals surface area contributed by atoms with Crippen molar-refractivity contribution in [2.45, 2.75) is 51.4 Å². The number of carbonyl (C=O) groups excluding carboxylic acids is 1. The molecule has 26 heavy (non-hydrogen) atoms. The highest BCUT2D eigenvalue weighted by molar-refractivity contribution is 5.74. The summed E-state index contributed by atoms with van der Waals surface area (Å²) in [5.41, 5.74) is 0.414. The van der Waals surface area contributed by atoms with E-state index >= 15 is 0 Å². The first-order valence-corrected chi connectivity index (χ1v) is 9.60. The van der Waals surface area contributed by atoms with Crippen LogP contribution in [0.25, 0.3) is 0 Å². The highest BCUT2D eigenvalue weighted by Crippen LogP contribution is 2.45. The molecule has 1 heterocycles. The predicted octanol–water partition coefficient (Wildman–Crippen LogP) is 3.72. The molecule has 1 spiro atoms. The second kappa shape index (κ2) is 7.53. The van der Waals surface area contributed by atoms with Crippen molar-refractivity contribution in [1.82, 2.24) is 5.32 Å². The highest BCUT2D eigenvalue weighted by atomic mass is 16.6. The van der Waals surface area contributed by atoms with Crippen LogP contribution in [-0.4, -0.2) is 30.4 Å². The number of esters is 1. The van der Waals surface area contributed by atoms with Gasteiger partial charge < -0.3 is 9.47 Å². The molecule has 1 aliphatic heterocycles. The standard InChI is InChI=1S/C22H31NO3/c1-5-17-14-22(23-11-12-25-22)15-18(13-16-9-7-6-8-10-16)19(17)20(24)26-21(2,3)4/h5-10,17-19,23H,1,11-15H2,2-4H3. The Morgan fingerprint density at radius 2 is 2.08 bits per heavy atom. The first-order chi connectivity index (χ1) is 12.3. The molecule has 4 nitrogen and oxygen atoms in total. The first kappa shape index (κ1) is 19.1. The molecule has 2 fully saturated rings. The quantitative estimate of drug-likeness (QED) is 0.659. The summed E-state index contributed by atoms with van der Waals surface area (Å²) in [5.74, 6) is -0.118. The van der Waals surface area contributed by atoms with Gasteiger partial charge in [-0.05, 0) is 57.4 Å². The molecule has 1 aromatic rings. The van der Waals surface area contributed by atoms with Crippen LogP contribution in [-0.2, 0) is 20.7 Å². The van der Waals surface area contributed by atoms with Gasteiger partial charge in [-0.1, -0.05) is 36.4 Å². The van der Waals surface area contributed by atoms with Gasteiger partial charge in [0.05, 0.1) is 12.5 Å². The van der Waals surface area contributed by atoms with Crippen molar-refractivity contribution in [3.8, 4) is 0 Å². The molecule has 0 amide bonds. The highest BCUT2D eigenvalue weighted by Gasteiger charge is 2.50. The fourth-order valence-corrected chi connectivity index (χ4v) is 4.41. The number of nitrogens with one attached hydrogen (secondary N) is 1. The topological polar surface area (TPSA) is 47.6 Å². The van der Waals surface area contributed by atoms with Gasteiger partial charge >= 0.3 is 5.97 Å². The van der Waals surface area contributed by atoms with Gasteiger partial charge in [0.25, 0.3) is 0 Å². The van der Waals surface area contributed by atoms with Crippen molar-refractivity contribution < 1.29 is 14.3 Å². The van der Waals surface area contributed by atoms with Crippen molar-refractivity contribution in [3.63, 3.8) is 0 Å². The van der Waals surface area contributed by atoms with Gasteiger partial charge in [-0.2, -0.15) is 0 Å². The lowest BCUT2D eigenvalue weighted by molar-refractivity contribution is -0.170. The van der Waals surface area contributed by atoms with E-state index in [1.54, 1.807) is 0 Å². The zero-order valence-corrected chi connectivity index (χ0v) is 16.2. The van der Waals surface area contributed by atoms with E-state index in [4.69, 9.17) is 9.47 Å². The van der Waals surface area contributed by atoms with Gasteiger partial charge in [-0.3, -0.25) is 10.1 Å². The number of benzene rings is 1. The number of rotatable bonds is 4. The van der Waals surface area contributed by atoms with Crippen LogP contribution in [0.4, 0.5) is 0 Å². The molecule has 4 unspecified atom stereocenters. The average Bonchev–Trinajstić information content (AvgIpc) is 3.01. The lowest BCUT2D eigenvalue weighted by Gasteiger charge is -2.45. The van der Waals surface area contributed by atoms with E-state index in [2.05, 4.69) is 24.0 Å². The third-order valence-corrected chi connectivity index (χ3v) is 5.38. The van der Waals surface area contributed by atoms with Crippen LogP contribution in [0.5, 0.6) is 0 Å². The molecule has 1 saturated heterocycles. The molecule has 3 rings (SSSR count). The van der Waals surface area contributed by atoms with Crippen molar-refractivity contribution in [3.05, 3.63) is 48.6 Å². The molecule has 2 aliphatic rings. The summed E-state index contributed by atoms with van der Waals surface area (Å²) in [6.45, 7) is 11.4. The summed E-state index contributed by atoms with van der Waals surface area (Å²) >= 11 is 0. The van der Waals surface area contributed by atoms with Crippen molar-refractivity contribution in [2.24, 2.45) is 17.8 Å². The number of hydrogen-bond donors (Lipinski definition) is 1.